The monoisotopic (exact) mass is 270 g/mol. The van der Waals surface area contributed by atoms with Crippen molar-refractivity contribution in [2.75, 3.05) is 24.9 Å². The first-order chi connectivity index (χ1) is 8.40. The van der Waals surface area contributed by atoms with Crippen LogP contribution in [0.5, 0.6) is 0 Å². The first-order valence-corrected chi connectivity index (χ1v) is 6.86. The lowest BCUT2D eigenvalue weighted by molar-refractivity contribution is 0.218. The molecule has 0 aliphatic carbocycles. The van der Waals surface area contributed by atoms with Crippen LogP contribution in [0.1, 0.15) is 32.2 Å². The van der Waals surface area contributed by atoms with Crippen LogP contribution in [0.25, 0.3) is 0 Å². The summed E-state index contributed by atoms with van der Waals surface area (Å²) in [5, 5.41) is 0.958. The molecule has 6 heteroatoms. The van der Waals surface area contributed by atoms with Gasteiger partial charge in [-0.3, -0.25) is 0 Å². The summed E-state index contributed by atoms with van der Waals surface area (Å²) >= 11 is 1.66. The van der Waals surface area contributed by atoms with Gasteiger partial charge in [-0.15, -0.1) is 11.8 Å². The molecular formula is C12H22N4OS. The number of hydrogen-bond acceptors (Lipinski definition) is 6. The standard InChI is InChI=1S/C12H22N4OS/c1-8-9(16-13)14-11(12(2,3)4)15-10(8)18-7-6-17-5/h6-7,13H2,1-5H3,(H,14,15,16). The molecule has 0 unspecified atom stereocenters. The van der Waals surface area contributed by atoms with Crippen molar-refractivity contribution in [1.29, 1.82) is 0 Å². The molecule has 1 aromatic rings. The smallest absolute Gasteiger partial charge is 0.147 e. The second-order valence-corrected chi connectivity index (χ2v) is 6.15. The molecule has 18 heavy (non-hydrogen) atoms. The van der Waals surface area contributed by atoms with Crippen molar-refractivity contribution in [1.82, 2.24) is 9.97 Å². The highest BCUT2D eigenvalue weighted by Crippen LogP contribution is 2.28. The van der Waals surface area contributed by atoms with Gasteiger partial charge in [0.15, 0.2) is 0 Å². The van der Waals surface area contributed by atoms with Gasteiger partial charge >= 0.3 is 0 Å². The fourth-order valence-corrected chi connectivity index (χ4v) is 2.24. The van der Waals surface area contributed by atoms with Crippen LogP contribution in [0.4, 0.5) is 5.82 Å². The van der Waals surface area contributed by atoms with Crippen molar-refractivity contribution in [2.24, 2.45) is 5.84 Å². The number of nitrogen functional groups attached to an aromatic ring is 1. The molecule has 1 heterocycles. The first-order valence-electron chi connectivity index (χ1n) is 5.87. The van der Waals surface area contributed by atoms with Gasteiger partial charge in [0.1, 0.15) is 16.7 Å². The fraction of sp³-hybridized carbons (Fsp3) is 0.667. The Morgan fingerprint density at radius 2 is 2.00 bits per heavy atom. The summed E-state index contributed by atoms with van der Waals surface area (Å²) in [6.07, 6.45) is 0. The van der Waals surface area contributed by atoms with Gasteiger partial charge < -0.3 is 10.2 Å². The molecule has 0 saturated heterocycles. The normalized spacial score (nSPS) is 11.7. The minimum absolute atomic E-state index is 0.101. The number of anilines is 1. The SMILES string of the molecule is COCCSc1nc(C(C)(C)C)nc(NN)c1C. The molecule has 0 aliphatic rings. The molecule has 5 nitrogen and oxygen atoms in total. The number of nitrogens with zero attached hydrogens (tertiary/aromatic N) is 2. The third-order valence-electron chi connectivity index (χ3n) is 2.43. The van der Waals surface area contributed by atoms with E-state index >= 15 is 0 Å². The second-order valence-electron chi connectivity index (χ2n) is 5.06. The van der Waals surface area contributed by atoms with Gasteiger partial charge in [-0.05, 0) is 6.92 Å². The molecule has 0 aromatic carbocycles. The third-order valence-corrected chi connectivity index (χ3v) is 3.48. The molecule has 0 radical (unpaired) electrons. The fourth-order valence-electron chi connectivity index (χ4n) is 1.33. The lowest BCUT2D eigenvalue weighted by Crippen LogP contribution is -2.20. The Morgan fingerprint density at radius 1 is 1.33 bits per heavy atom. The average Bonchev–Trinajstić information content (AvgIpc) is 2.30. The second kappa shape index (κ2) is 6.36. The molecule has 0 bridgehead atoms. The van der Waals surface area contributed by atoms with E-state index in [1.165, 1.54) is 0 Å². The Morgan fingerprint density at radius 3 is 2.50 bits per heavy atom. The molecule has 102 valence electrons. The van der Waals surface area contributed by atoms with Crippen molar-refractivity contribution in [3.05, 3.63) is 11.4 Å². The van der Waals surface area contributed by atoms with E-state index in [4.69, 9.17) is 10.6 Å². The number of nitrogens with one attached hydrogen (secondary N) is 1. The number of hydrazine groups is 1. The first kappa shape index (κ1) is 15.2. The molecule has 0 amide bonds. The van der Waals surface area contributed by atoms with Gasteiger partial charge in [0, 0.05) is 23.8 Å². The van der Waals surface area contributed by atoms with E-state index in [1.807, 2.05) is 6.92 Å². The molecular weight excluding hydrogens is 248 g/mol. The van der Waals surface area contributed by atoms with Crippen molar-refractivity contribution in [3.8, 4) is 0 Å². The Kier molecular flexibility index (Phi) is 5.37. The summed E-state index contributed by atoms with van der Waals surface area (Å²) < 4.78 is 5.05. The van der Waals surface area contributed by atoms with Crippen molar-refractivity contribution < 1.29 is 4.74 Å². The maximum Gasteiger partial charge on any atom is 0.147 e. The van der Waals surface area contributed by atoms with E-state index in [1.54, 1.807) is 18.9 Å². The number of ether oxygens (including phenoxy) is 1. The van der Waals surface area contributed by atoms with Gasteiger partial charge in [-0.25, -0.2) is 15.8 Å². The highest BCUT2D eigenvalue weighted by molar-refractivity contribution is 7.99. The number of methoxy groups -OCH3 is 1. The van der Waals surface area contributed by atoms with Crippen LogP contribution in [-0.4, -0.2) is 29.4 Å². The number of thioether (sulfide) groups is 1. The van der Waals surface area contributed by atoms with Gasteiger partial charge in [0.05, 0.1) is 6.61 Å². The Bertz CT molecular complexity index is 404. The van der Waals surface area contributed by atoms with Crippen LogP contribution in [0, 0.1) is 6.92 Å². The summed E-state index contributed by atoms with van der Waals surface area (Å²) in [5.41, 5.74) is 3.52. The lowest BCUT2D eigenvalue weighted by atomic mass is 9.95. The van der Waals surface area contributed by atoms with E-state index < -0.39 is 0 Å². The lowest BCUT2D eigenvalue weighted by Gasteiger charge is -2.20. The molecule has 0 aliphatic heterocycles. The zero-order valence-electron chi connectivity index (χ0n) is 11.7. The van der Waals surface area contributed by atoms with E-state index in [2.05, 4.69) is 36.2 Å². The average molecular weight is 270 g/mol. The Labute approximate surface area is 113 Å². The maximum absolute atomic E-state index is 5.51. The van der Waals surface area contributed by atoms with Gasteiger partial charge in [-0.2, -0.15) is 0 Å². The van der Waals surface area contributed by atoms with Crippen LogP contribution >= 0.6 is 11.8 Å². The topological polar surface area (TPSA) is 73.1 Å². The third kappa shape index (κ3) is 3.83. The predicted molar refractivity (Wildman–Crippen MR) is 75.9 cm³/mol. The van der Waals surface area contributed by atoms with Gasteiger partial charge in [0.2, 0.25) is 0 Å². The van der Waals surface area contributed by atoms with Crippen molar-refractivity contribution in [2.45, 2.75) is 38.1 Å². The van der Waals surface area contributed by atoms with Crippen LogP contribution in [0.15, 0.2) is 5.03 Å². The largest absolute Gasteiger partial charge is 0.384 e. The minimum atomic E-state index is -0.101. The molecule has 3 N–H and O–H groups in total. The summed E-state index contributed by atoms with van der Waals surface area (Å²) in [6.45, 7) is 8.92. The summed E-state index contributed by atoms with van der Waals surface area (Å²) in [5.74, 6) is 7.86. The highest BCUT2D eigenvalue weighted by atomic mass is 32.2. The van der Waals surface area contributed by atoms with Gasteiger partial charge in [0.25, 0.3) is 0 Å². The van der Waals surface area contributed by atoms with E-state index in [0.717, 1.165) is 22.2 Å². The van der Waals surface area contributed by atoms with E-state index in [9.17, 15) is 0 Å². The zero-order valence-corrected chi connectivity index (χ0v) is 12.5. The Hall–Kier alpha value is -0.850. The highest BCUT2D eigenvalue weighted by Gasteiger charge is 2.21. The zero-order chi connectivity index (χ0) is 13.8. The van der Waals surface area contributed by atoms with E-state index in [0.29, 0.717) is 12.4 Å². The van der Waals surface area contributed by atoms with Crippen LogP contribution in [-0.2, 0) is 10.2 Å². The molecule has 0 spiro atoms. The van der Waals surface area contributed by atoms with Crippen LogP contribution in [0.2, 0.25) is 0 Å². The Balaban J connectivity index is 3.07. The quantitative estimate of drug-likeness (QED) is 0.281. The molecule has 1 aromatic heterocycles. The molecule has 1 rings (SSSR count). The molecule has 0 fully saturated rings. The maximum atomic E-state index is 5.51. The molecule has 0 saturated carbocycles. The van der Waals surface area contributed by atoms with Gasteiger partial charge in [-0.1, -0.05) is 20.8 Å². The number of aromatic nitrogens is 2. The number of hydrogen-bond donors (Lipinski definition) is 2. The summed E-state index contributed by atoms with van der Waals surface area (Å²) in [7, 11) is 1.70. The minimum Gasteiger partial charge on any atom is -0.384 e. The van der Waals surface area contributed by atoms with E-state index in [-0.39, 0.29) is 5.41 Å². The van der Waals surface area contributed by atoms with Crippen LogP contribution in [0.3, 0.4) is 0 Å². The summed E-state index contributed by atoms with van der Waals surface area (Å²) in [4.78, 5) is 9.08. The summed E-state index contributed by atoms with van der Waals surface area (Å²) in [6, 6.07) is 0. The number of rotatable bonds is 5. The van der Waals surface area contributed by atoms with Crippen molar-refractivity contribution >= 4 is 17.6 Å². The molecule has 0 atom stereocenters. The number of nitrogens with two attached hydrogens (primary N) is 1. The van der Waals surface area contributed by atoms with Crippen LogP contribution < -0.4 is 11.3 Å². The predicted octanol–water partition coefficient (Wildman–Crippen LogP) is 2.11. The van der Waals surface area contributed by atoms with Crippen molar-refractivity contribution in [3.63, 3.8) is 0 Å².